The molecule has 5 heterocycles. The van der Waals surface area contributed by atoms with Crippen molar-refractivity contribution >= 4 is 28.7 Å². The van der Waals surface area contributed by atoms with Crippen molar-refractivity contribution in [2.24, 2.45) is 0 Å². The van der Waals surface area contributed by atoms with Gasteiger partial charge in [-0.3, -0.25) is 4.90 Å². The molecule has 0 unspecified atom stereocenters. The predicted octanol–water partition coefficient (Wildman–Crippen LogP) is 4.88. The molecule has 0 bridgehead atoms. The summed E-state index contributed by atoms with van der Waals surface area (Å²) in [5, 5.41) is 9.71. The Labute approximate surface area is 239 Å². The number of aromatic nitrogens is 4. The SMILES string of the molecule is O=C(O)c1ccc2nc(CN3CCC(Oc4nc(Cc5ccc(Cl)cc5F)ccc4F)CC3)n(C[C@H]3CCO3)c2n1. The number of fused-ring (bicyclic) bond motifs is 1. The van der Waals surface area contributed by atoms with Gasteiger partial charge in [0.05, 0.1) is 19.2 Å². The van der Waals surface area contributed by atoms with Gasteiger partial charge < -0.3 is 19.1 Å². The zero-order valence-electron chi connectivity index (χ0n) is 22.1. The van der Waals surface area contributed by atoms with Crippen molar-refractivity contribution in [2.45, 2.75) is 51.0 Å². The van der Waals surface area contributed by atoms with E-state index in [4.69, 9.17) is 26.1 Å². The Balaban J connectivity index is 1.11. The van der Waals surface area contributed by atoms with Crippen LogP contribution in [0.15, 0.2) is 42.5 Å². The van der Waals surface area contributed by atoms with Crippen molar-refractivity contribution in [3.63, 3.8) is 0 Å². The normalized spacial score (nSPS) is 18.0. The van der Waals surface area contributed by atoms with Gasteiger partial charge >= 0.3 is 5.97 Å². The van der Waals surface area contributed by atoms with E-state index in [1.807, 2.05) is 4.57 Å². The molecule has 1 aromatic carbocycles. The molecule has 6 rings (SSSR count). The van der Waals surface area contributed by atoms with Crippen LogP contribution in [0.3, 0.4) is 0 Å². The van der Waals surface area contributed by atoms with Gasteiger partial charge in [0.25, 0.3) is 5.88 Å². The second kappa shape index (κ2) is 11.7. The van der Waals surface area contributed by atoms with Crippen LogP contribution in [0.1, 0.15) is 46.8 Å². The highest BCUT2D eigenvalue weighted by Gasteiger charge is 2.27. The van der Waals surface area contributed by atoms with E-state index in [1.165, 1.54) is 24.3 Å². The molecule has 0 aliphatic carbocycles. The van der Waals surface area contributed by atoms with Gasteiger partial charge in [0.15, 0.2) is 17.2 Å². The average molecular weight is 584 g/mol. The van der Waals surface area contributed by atoms with Crippen LogP contribution in [0.5, 0.6) is 5.88 Å². The first-order valence-corrected chi connectivity index (χ1v) is 13.9. The molecule has 4 aromatic rings. The third kappa shape index (κ3) is 6.17. The topological polar surface area (TPSA) is 103 Å². The molecule has 0 saturated carbocycles. The smallest absolute Gasteiger partial charge is 0.354 e. The number of carboxylic acid groups (broad SMARTS) is 1. The molecule has 9 nitrogen and oxygen atoms in total. The van der Waals surface area contributed by atoms with Crippen LogP contribution in [0, 0.1) is 11.6 Å². The van der Waals surface area contributed by atoms with Crippen LogP contribution in [0.25, 0.3) is 11.2 Å². The molecule has 0 spiro atoms. The van der Waals surface area contributed by atoms with E-state index in [0.29, 0.717) is 73.1 Å². The number of rotatable bonds is 9. The highest BCUT2D eigenvalue weighted by Crippen LogP contribution is 2.25. The van der Waals surface area contributed by atoms with Gasteiger partial charge in [-0.1, -0.05) is 17.7 Å². The van der Waals surface area contributed by atoms with Crippen molar-refractivity contribution in [3.8, 4) is 5.88 Å². The molecule has 12 heteroatoms. The number of aromatic carboxylic acids is 1. The molecule has 2 saturated heterocycles. The lowest BCUT2D eigenvalue weighted by atomic mass is 10.1. The minimum absolute atomic E-state index is 0.0269. The number of pyridine rings is 2. The Morgan fingerprint density at radius 2 is 1.85 bits per heavy atom. The van der Waals surface area contributed by atoms with Gasteiger partial charge in [-0.15, -0.1) is 0 Å². The molecule has 2 aliphatic rings. The lowest BCUT2D eigenvalue weighted by Gasteiger charge is -2.32. The van der Waals surface area contributed by atoms with Gasteiger partial charge in [0.2, 0.25) is 0 Å². The predicted molar refractivity (Wildman–Crippen MR) is 146 cm³/mol. The maximum absolute atomic E-state index is 14.6. The van der Waals surface area contributed by atoms with E-state index in [2.05, 4.69) is 14.9 Å². The summed E-state index contributed by atoms with van der Waals surface area (Å²) < 4.78 is 42.4. The number of carboxylic acids is 1. The first kappa shape index (κ1) is 27.5. The van der Waals surface area contributed by atoms with Crippen molar-refractivity contribution in [2.75, 3.05) is 19.7 Å². The third-order valence-corrected chi connectivity index (χ3v) is 7.74. The molecule has 214 valence electrons. The van der Waals surface area contributed by atoms with E-state index in [1.54, 1.807) is 18.2 Å². The van der Waals surface area contributed by atoms with Gasteiger partial charge in [-0.2, -0.15) is 0 Å². The van der Waals surface area contributed by atoms with E-state index >= 15 is 0 Å². The van der Waals surface area contributed by atoms with E-state index < -0.39 is 17.6 Å². The Bertz CT molecular complexity index is 1590. The first-order valence-electron chi connectivity index (χ1n) is 13.5. The summed E-state index contributed by atoms with van der Waals surface area (Å²) in [5.41, 5.74) is 2.06. The number of ether oxygens (including phenoxy) is 2. The molecule has 2 aliphatic heterocycles. The number of benzene rings is 1. The molecule has 0 amide bonds. The summed E-state index contributed by atoms with van der Waals surface area (Å²) in [4.78, 5) is 27.2. The van der Waals surface area contributed by atoms with Crippen molar-refractivity contribution in [1.82, 2.24) is 24.4 Å². The Morgan fingerprint density at radius 1 is 1.05 bits per heavy atom. The maximum Gasteiger partial charge on any atom is 0.354 e. The first-order chi connectivity index (χ1) is 19.8. The monoisotopic (exact) mass is 583 g/mol. The number of imidazole rings is 1. The second-order valence-electron chi connectivity index (χ2n) is 10.4. The van der Waals surface area contributed by atoms with Crippen LogP contribution in [0.2, 0.25) is 5.02 Å². The van der Waals surface area contributed by atoms with Crippen LogP contribution in [-0.2, 0) is 24.2 Å². The summed E-state index contributed by atoms with van der Waals surface area (Å²) in [6.07, 6.45) is 2.26. The fourth-order valence-corrected chi connectivity index (χ4v) is 5.32. The van der Waals surface area contributed by atoms with E-state index in [0.717, 1.165) is 12.2 Å². The lowest BCUT2D eigenvalue weighted by molar-refractivity contribution is -0.0593. The lowest BCUT2D eigenvalue weighted by Crippen LogP contribution is -2.39. The van der Waals surface area contributed by atoms with Crippen LogP contribution >= 0.6 is 11.6 Å². The van der Waals surface area contributed by atoms with Crippen molar-refractivity contribution in [3.05, 3.63) is 81.9 Å². The number of carbonyl (C=O) groups is 1. The zero-order valence-corrected chi connectivity index (χ0v) is 22.9. The van der Waals surface area contributed by atoms with Crippen LogP contribution in [0.4, 0.5) is 8.78 Å². The molecule has 41 heavy (non-hydrogen) atoms. The Kier molecular flexibility index (Phi) is 7.83. The number of hydrogen-bond acceptors (Lipinski definition) is 7. The average Bonchev–Trinajstić information content (AvgIpc) is 3.26. The third-order valence-electron chi connectivity index (χ3n) is 7.51. The highest BCUT2D eigenvalue weighted by atomic mass is 35.5. The Hall–Kier alpha value is -3.67. The maximum atomic E-state index is 14.6. The van der Waals surface area contributed by atoms with Crippen LogP contribution < -0.4 is 4.74 Å². The second-order valence-corrected chi connectivity index (χ2v) is 10.8. The van der Waals surface area contributed by atoms with Gasteiger partial charge in [0, 0.05) is 36.8 Å². The summed E-state index contributed by atoms with van der Waals surface area (Å²) in [5.74, 6) is -1.38. The summed E-state index contributed by atoms with van der Waals surface area (Å²) >= 11 is 5.84. The van der Waals surface area contributed by atoms with Gasteiger partial charge in [0.1, 0.15) is 23.3 Å². The number of hydrogen-bond donors (Lipinski definition) is 1. The summed E-state index contributed by atoms with van der Waals surface area (Å²) in [6, 6.07) is 10.4. The molecular weight excluding hydrogens is 556 g/mol. The standard InChI is InChI=1S/C29H28ClF2N5O4/c30-18-2-1-17(23(32)14-18)13-19-3-4-22(31)28(33-19)41-20-7-10-36(11-8-20)16-26-34-24-5-6-25(29(38)39)35-27(24)37(26)15-21-9-12-40-21/h1-6,14,20-21H,7-13,15-16H2,(H,38,39)/t21-/m1/s1. The van der Waals surface area contributed by atoms with Crippen molar-refractivity contribution in [1.29, 1.82) is 0 Å². The largest absolute Gasteiger partial charge is 0.477 e. The van der Waals surface area contributed by atoms with Crippen molar-refractivity contribution < 1.29 is 28.2 Å². The minimum Gasteiger partial charge on any atom is -0.477 e. The molecule has 2 fully saturated rings. The van der Waals surface area contributed by atoms with E-state index in [9.17, 15) is 18.7 Å². The highest BCUT2D eigenvalue weighted by molar-refractivity contribution is 6.30. The zero-order chi connectivity index (χ0) is 28.5. The van der Waals surface area contributed by atoms with Crippen LogP contribution in [-0.4, -0.2) is 67.4 Å². The van der Waals surface area contributed by atoms with E-state index in [-0.39, 0.29) is 30.2 Å². The number of piperidine rings is 1. The fraction of sp³-hybridized carbons (Fsp3) is 0.379. The number of halogens is 3. The fourth-order valence-electron chi connectivity index (χ4n) is 5.16. The molecule has 1 atom stereocenters. The number of nitrogens with zero attached hydrogens (tertiary/aromatic N) is 5. The quantitative estimate of drug-likeness (QED) is 0.297. The Morgan fingerprint density at radius 3 is 2.56 bits per heavy atom. The summed E-state index contributed by atoms with van der Waals surface area (Å²) in [6.45, 7) is 3.21. The summed E-state index contributed by atoms with van der Waals surface area (Å²) in [7, 11) is 0. The molecule has 0 radical (unpaired) electrons. The number of likely N-dealkylation sites (tertiary alicyclic amines) is 1. The molecule has 1 N–H and O–H groups in total. The van der Waals surface area contributed by atoms with Gasteiger partial charge in [-0.05, 0) is 61.2 Å². The molecular formula is C29H28ClF2N5O4. The van der Waals surface area contributed by atoms with Gasteiger partial charge in [-0.25, -0.2) is 28.5 Å². The molecule has 3 aromatic heterocycles. The minimum atomic E-state index is -1.09.